The topological polar surface area (TPSA) is 61.9 Å². The molecule has 56 heavy (non-hydrogen) atoms. The van der Waals surface area contributed by atoms with Crippen LogP contribution in [-0.2, 0) is 0 Å². The molecule has 0 bridgehead atoms. The van der Waals surface area contributed by atoms with Crippen LogP contribution in [0.3, 0.4) is 0 Å². The Balaban J connectivity index is 1.23. The van der Waals surface area contributed by atoms with E-state index < -0.39 is 0 Å². The molecular weight excluding hydrogens is 689 g/mol. The quantitative estimate of drug-likeness (QED) is 0.183. The first-order chi connectivity index (χ1) is 27.8. The Labute approximate surface area is 318 Å². The Morgan fingerprint density at radius 2 is 1.00 bits per heavy atom. The molecular formula is C50H28N4O2. The Morgan fingerprint density at radius 3 is 1.80 bits per heavy atom. The molecule has 8 aromatic carbocycles. The second-order valence-corrected chi connectivity index (χ2v) is 14.5. The summed E-state index contributed by atoms with van der Waals surface area (Å²) in [6.45, 7) is 0. The van der Waals surface area contributed by atoms with Gasteiger partial charge in [-0.05, 0) is 54.6 Å². The Morgan fingerprint density at radius 1 is 0.393 bits per heavy atom. The standard InChI is InChI=1S/C50H28N4O2/c1-2-14-30(15-3-1)53-38-22-10-5-18-34(38)43-44-36-20-8-13-25-41(36)56-49(44)48-45(47(43)53)35-19-6-11-23-39(35)54(48)50-51-37-21-9-4-17-33(37)46(52-50)29-26-27-32-31-16-7-12-24-40(31)55-42(32)28-29/h1-28H. The van der Waals surface area contributed by atoms with Crippen molar-refractivity contribution in [1.29, 1.82) is 0 Å². The van der Waals surface area contributed by atoms with Crippen LogP contribution in [-0.4, -0.2) is 19.1 Å². The minimum absolute atomic E-state index is 0.568. The molecule has 5 heterocycles. The van der Waals surface area contributed by atoms with E-state index in [2.05, 4.69) is 143 Å². The average molecular weight is 717 g/mol. The van der Waals surface area contributed by atoms with Crippen LogP contribution >= 0.6 is 0 Å². The van der Waals surface area contributed by atoms with Gasteiger partial charge in [0.15, 0.2) is 5.58 Å². The van der Waals surface area contributed by atoms with Crippen molar-refractivity contribution in [1.82, 2.24) is 19.1 Å². The molecule has 0 radical (unpaired) electrons. The summed E-state index contributed by atoms with van der Waals surface area (Å²) in [7, 11) is 0. The van der Waals surface area contributed by atoms with Crippen molar-refractivity contribution >= 4 is 98.4 Å². The van der Waals surface area contributed by atoms with Crippen molar-refractivity contribution in [2.75, 3.05) is 0 Å². The fourth-order valence-electron chi connectivity index (χ4n) is 9.20. The third kappa shape index (κ3) is 3.89. The zero-order chi connectivity index (χ0) is 36.5. The second-order valence-electron chi connectivity index (χ2n) is 14.5. The number of aromatic nitrogens is 4. The van der Waals surface area contributed by atoms with Crippen LogP contribution < -0.4 is 0 Å². The van der Waals surface area contributed by atoms with E-state index in [0.717, 1.165) is 105 Å². The van der Waals surface area contributed by atoms with E-state index in [-0.39, 0.29) is 0 Å². The van der Waals surface area contributed by atoms with Gasteiger partial charge in [-0.25, -0.2) is 9.97 Å². The van der Waals surface area contributed by atoms with Crippen LogP contribution in [0.4, 0.5) is 0 Å². The van der Waals surface area contributed by atoms with Crippen molar-refractivity contribution in [2.24, 2.45) is 0 Å². The lowest BCUT2D eigenvalue weighted by Gasteiger charge is -2.12. The average Bonchev–Trinajstić information content (AvgIpc) is 4.01. The zero-order valence-corrected chi connectivity index (χ0v) is 29.8. The van der Waals surface area contributed by atoms with Crippen molar-refractivity contribution in [3.63, 3.8) is 0 Å². The van der Waals surface area contributed by atoms with Gasteiger partial charge in [0.25, 0.3) is 0 Å². The number of hydrogen-bond donors (Lipinski definition) is 0. The third-order valence-electron chi connectivity index (χ3n) is 11.5. The zero-order valence-electron chi connectivity index (χ0n) is 29.8. The van der Waals surface area contributed by atoms with E-state index >= 15 is 0 Å². The number of para-hydroxylation sites is 6. The molecule has 13 aromatic rings. The number of hydrogen-bond acceptors (Lipinski definition) is 4. The minimum atomic E-state index is 0.568. The fourth-order valence-corrected chi connectivity index (χ4v) is 9.20. The molecule has 0 amide bonds. The summed E-state index contributed by atoms with van der Waals surface area (Å²) < 4.78 is 18.0. The number of nitrogens with zero attached hydrogens (tertiary/aromatic N) is 4. The molecule has 0 spiro atoms. The molecule has 0 saturated heterocycles. The molecule has 0 N–H and O–H groups in total. The minimum Gasteiger partial charge on any atom is -0.456 e. The highest BCUT2D eigenvalue weighted by Crippen LogP contribution is 2.49. The van der Waals surface area contributed by atoms with Gasteiger partial charge in [0.1, 0.15) is 22.3 Å². The normalized spacial score (nSPS) is 12.3. The molecule has 0 aliphatic carbocycles. The Hall–Kier alpha value is -7.70. The van der Waals surface area contributed by atoms with Gasteiger partial charge in [0.2, 0.25) is 5.95 Å². The van der Waals surface area contributed by atoms with Gasteiger partial charge in [-0.1, -0.05) is 115 Å². The smallest absolute Gasteiger partial charge is 0.235 e. The van der Waals surface area contributed by atoms with Gasteiger partial charge in [-0.15, -0.1) is 0 Å². The van der Waals surface area contributed by atoms with E-state index in [1.807, 2.05) is 36.4 Å². The number of fused-ring (bicyclic) bond motifs is 16. The molecule has 0 saturated carbocycles. The van der Waals surface area contributed by atoms with Crippen LogP contribution in [0, 0.1) is 0 Å². The van der Waals surface area contributed by atoms with Gasteiger partial charge in [0.05, 0.1) is 27.8 Å². The lowest BCUT2D eigenvalue weighted by atomic mass is 10.0. The summed E-state index contributed by atoms with van der Waals surface area (Å²) in [5, 5.41) is 9.81. The third-order valence-corrected chi connectivity index (χ3v) is 11.5. The van der Waals surface area contributed by atoms with Gasteiger partial charge in [-0.2, -0.15) is 0 Å². The molecule has 0 atom stereocenters. The van der Waals surface area contributed by atoms with E-state index in [1.165, 1.54) is 10.8 Å². The largest absolute Gasteiger partial charge is 0.456 e. The molecule has 0 fully saturated rings. The molecule has 0 unspecified atom stereocenters. The molecule has 5 aromatic heterocycles. The van der Waals surface area contributed by atoms with E-state index in [1.54, 1.807) is 0 Å². The molecule has 6 nitrogen and oxygen atoms in total. The summed E-state index contributed by atoms with van der Waals surface area (Å²) in [6, 6.07) is 59.2. The van der Waals surface area contributed by atoms with Gasteiger partial charge in [0, 0.05) is 59.7 Å². The number of rotatable bonds is 3. The Kier molecular flexibility index (Phi) is 5.80. The first-order valence-corrected chi connectivity index (χ1v) is 18.8. The van der Waals surface area contributed by atoms with Crippen LogP contribution in [0.25, 0.3) is 121 Å². The van der Waals surface area contributed by atoms with Crippen LogP contribution in [0.2, 0.25) is 0 Å². The first-order valence-electron chi connectivity index (χ1n) is 18.8. The van der Waals surface area contributed by atoms with Gasteiger partial charge < -0.3 is 13.4 Å². The van der Waals surface area contributed by atoms with Crippen molar-refractivity contribution < 1.29 is 8.83 Å². The lowest BCUT2D eigenvalue weighted by molar-refractivity contribution is 0.669. The van der Waals surface area contributed by atoms with Crippen LogP contribution in [0.1, 0.15) is 0 Å². The molecule has 0 aliphatic rings. The summed E-state index contributed by atoms with van der Waals surface area (Å²) in [6.07, 6.45) is 0. The number of furan rings is 2. The molecule has 6 heteroatoms. The molecule has 260 valence electrons. The maximum absolute atomic E-state index is 7.01. The summed E-state index contributed by atoms with van der Waals surface area (Å²) in [5.74, 6) is 0.568. The van der Waals surface area contributed by atoms with Gasteiger partial charge >= 0.3 is 0 Å². The first kappa shape index (κ1) is 29.7. The van der Waals surface area contributed by atoms with Crippen molar-refractivity contribution in [3.05, 3.63) is 170 Å². The fraction of sp³-hybridized carbons (Fsp3) is 0. The highest BCUT2D eigenvalue weighted by molar-refractivity contribution is 6.39. The predicted octanol–water partition coefficient (Wildman–Crippen LogP) is 13.3. The molecule has 13 rings (SSSR count). The monoisotopic (exact) mass is 716 g/mol. The maximum atomic E-state index is 7.01. The van der Waals surface area contributed by atoms with Crippen molar-refractivity contribution in [3.8, 4) is 22.9 Å². The van der Waals surface area contributed by atoms with E-state index in [0.29, 0.717) is 5.95 Å². The predicted molar refractivity (Wildman–Crippen MR) is 228 cm³/mol. The number of benzene rings is 8. The SMILES string of the molecule is c1ccc(-n2c3ccccc3c3c4c5ccccc5oc4c4c(c5ccccc5n4-c4nc(-c5ccc6c(c5)oc5ccccc56)c5ccccc5n4)c32)cc1. The van der Waals surface area contributed by atoms with Crippen molar-refractivity contribution in [2.45, 2.75) is 0 Å². The van der Waals surface area contributed by atoms with Crippen LogP contribution in [0.5, 0.6) is 0 Å². The lowest BCUT2D eigenvalue weighted by Crippen LogP contribution is -2.03. The maximum Gasteiger partial charge on any atom is 0.235 e. The highest BCUT2D eigenvalue weighted by Gasteiger charge is 2.28. The Bertz CT molecular complexity index is 3770. The summed E-state index contributed by atoms with van der Waals surface area (Å²) in [5.41, 5.74) is 11.3. The van der Waals surface area contributed by atoms with E-state index in [4.69, 9.17) is 18.8 Å². The van der Waals surface area contributed by atoms with Crippen LogP contribution in [0.15, 0.2) is 179 Å². The molecule has 0 aliphatic heterocycles. The highest BCUT2D eigenvalue weighted by atomic mass is 16.3. The summed E-state index contributed by atoms with van der Waals surface area (Å²) >= 11 is 0. The van der Waals surface area contributed by atoms with Gasteiger partial charge in [-0.3, -0.25) is 4.57 Å². The van der Waals surface area contributed by atoms with E-state index in [9.17, 15) is 0 Å². The second kappa shape index (κ2) is 10.9. The summed E-state index contributed by atoms with van der Waals surface area (Å²) in [4.78, 5) is 10.8.